The molecule has 2 atom stereocenters. The first-order chi connectivity index (χ1) is 14.9. The maximum atomic E-state index is 3.72. The Balaban J connectivity index is 0.000000446. The molecule has 33 heavy (non-hydrogen) atoms. The third-order valence-corrected chi connectivity index (χ3v) is 6.38. The molecule has 5 rings (SSSR count). The number of benzene rings is 1. The van der Waals surface area contributed by atoms with Crippen molar-refractivity contribution in [3.8, 4) is 0 Å². The zero-order valence-electron chi connectivity index (χ0n) is 20.8. The van der Waals surface area contributed by atoms with Crippen molar-refractivity contribution >= 4 is 31.7 Å². The van der Waals surface area contributed by atoms with Crippen molar-refractivity contribution in [2.24, 2.45) is 0 Å². The van der Waals surface area contributed by atoms with Gasteiger partial charge in [-0.15, -0.1) is 36.9 Å². The number of fused-ring (bicyclic) bond motifs is 2. The molecule has 0 radical (unpaired) electrons. The number of hydrogen-bond acceptors (Lipinski definition) is 0. The van der Waals surface area contributed by atoms with Crippen molar-refractivity contribution < 1.29 is 23.3 Å². The molecule has 0 spiro atoms. The zero-order chi connectivity index (χ0) is 22.8. The molecule has 182 valence electrons. The summed E-state index contributed by atoms with van der Waals surface area (Å²) in [4.78, 5) is 0. The van der Waals surface area contributed by atoms with Gasteiger partial charge in [0.25, 0.3) is 0 Å². The second-order valence-electron chi connectivity index (χ2n) is 9.10. The van der Waals surface area contributed by atoms with E-state index < -0.39 is 0 Å². The van der Waals surface area contributed by atoms with Crippen LogP contribution in [0.15, 0.2) is 54.6 Å². The van der Waals surface area contributed by atoms with E-state index >= 15 is 0 Å². The fourth-order valence-corrected chi connectivity index (χ4v) is 4.81. The topological polar surface area (TPSA) is 0 Å². The molecule has 2 aliphatic carbocycles. The zero-order valence-corrected chi connectivity index (χ0v) is 26.3. The first-order valence-electron chi connectivity index (χ1n) is 11.7. The van der Waals surface area contributed by atoms with Crippen molar-refractivity contribution in [3.05, 3.63) is 100 Å². The van der Waals surface area contributed by atoms with Crippen molar-refractivity contribution in [3.63, 3.8) is 0 Å². The minimum atomic E-state index is 0. The molecule has 0 amide bonds. The van der Waals surface area contributed by atoms with E-state index in [-0.39, 0.29) is 24.8 Å². The fourth-order valence-electron chi connectivity index (χ4n) is 4.81. The van der Waals surface area contributed by atoms with Crippen LogP contribution in [0, 0.1) is 20.8 Å². The Bertz CT molecular complexity index is 857. The van der Waals surface area contributed by atoms with Gasteiger partial charge in [0.05, 0.1) is 0 Å². The molecule has 3 aromatic rings. The van der Waals surface area contributed by atoms with E-state index in [4.69, 9.17) is 0 Å². The molecular weight excluding hydrogens is 539 g/mol. The Morgan fingerprint density at radius 2 is 1.18 bits per heavy atom. The van der Waals surface area contributed by atoms with E-state index in [2.05, 4.69) is 58.9 Å². The molecule has 0 bridgehead atoms. The third kappa shape index (κ3) is 10.3. The van der Waals surface area contributed by atoms with E-state index in [9.17, 15) is 0 Å². The number of hydrogen-bond donors (Lipinski definition) is 0. The van der Waals surface area contributed by atoms with Crippen LogP contribution in [0.5, 0.6) is 0 Å². The van der Waals surface area contributed by atoms with Gasteiger partial charge in [-0.25, -0.2) is 12.1 Å². The second kappa shape index (κ2) is 17.0. The van der Waals surface area contributed by atoms with Gasteiger partial charge in [-0.2, -0.15) is 70.1 Å². The van der Waals surface area contributed by atoms with Gasteiger partial charge in [0, 0.05) is 0 Å². The van der Waals surface area contributed by atoms with Crippen molar-refractivity contribution in [1.29, 1.82) is 0 Å². The fraction of sp³-hybridized carbons (Fsp3) is 0.414. The normalized spacial score (nSPS) is 17.4. The molecule has 4 heteroatoms. The summed E-state index contributed by atoms with van der Waals surface area (Å²) < 4.78 is 0. The minimum absolute atomic E-state index is 0. The van der Waals surface area contributed by atoms with Crippen LogP contribution >= 0.6 is 24.8 Å². The monoisotopic (exact) mass is 577 g/mol. The average Bonchev–Trinajstić information content (AvgIpc) is 3.34. The summed E-state index contributed by atoms with van der Waals surface area (Å²) in [5.41, 5.74) is 10.4. The third-order valence-electron chi connectivity index (χ3n) is 6.38. The maximum absolute atomic E-state index is 3.72. The number of halogens is 2. The van der Waals surface area contributed by atoms with Crippen LogP contribution in [0.4, 0.5) is 0 Å². The van der Waals surface area contributed by atoms with Crippen LogP contribution < -0.4 is 0 Å². The Morgan fingerprint density at radius 1 is 0.788 bits per heavy atom. The SMILES string of the molecule is Cc1cc2c([cH-]1)CCCC2C.Cc1cc2c([cH-]1)CCCC2C.Cl.Cl.[CH2-]c1ccccc1.[SiH2]=[Zr]. The van der Waals surface area contributed by atoms with Crippen LogP contribution in [-0.2, 0) is 36.2 Å². The summed E-state index contributed by atoms with van der Waals surface area (Å²) in [5, 5.41) is 0. The number of rotatable bonds is 0. The van der Waals surface area contributed by atoms with Gasteiger partial charge in [-0.3, -0.25) is 0 Å². The second-order valence-corrected chi connectivity index (χ2v) is 9.10. The van der Waals surface area contributed by atoms with Gasteiger partial charge in [0.2, 0.25) is 0 Å². The first-order valence-corrected chi connectivity index (χ1v) is 17.6. The van der Waals surface area contributed by atoms with Crippen LogP contribution in [-0.4, -0.2) is 6.88 Å². The molecule has 2 aliphatic rings. The molecule has 0 nitrogen and oxygen atoms in total. The van der Waals surface area contributed by atoms with Gasteiger partial charge in [0.1, 0.15) is 0 Å². The van der Waals surface area contributed by atoms with E-state index in [1.165, 1.54) is 49.7 Å². The summed E-state index contributed by atoms with van der Waals surface area (Å²) >= 11 is 1.58. The molecule has 2 unspecified atom stereocenters. The van der Waals surface area contributed by atoms with Crippen molar-refractivity contribution in [2.45, 2.75) is 78.1 Å². The molecule has 0 heterocycles. The van der Waals surface area contributed by atoms with Gasteiger partial charge in [-0.05, 0) is 0 Å². The molecule has 0 aliphatic heterocycles. The summed E-state index contributed by atoms with van der Waals surface area (Å²) in [5.74, 6) is 1.62. The summed E-state index contributed by atoms with van der Waals surface area (Å²) in [6.45, 7) is 14.8. The molecule has 0 saturated carbocycles. The molecule has 3 aromatic carbocycles. The molecule has 0 N–H and O–H groups in total. The molecule has 0 fully saturated rings. The van der Waals surface area contributed by atoms with Crippen molar-refractivity contribution in [2.75, 3.05) is 0 Å². The van der Waals surface area contributed by atoms with Gasteiger partial charge in [-0.1, -0.05) is 84.1 Å². The molecule has 0 aromatic heterocycles. The summed E-state index contributed by atoms with van der Waals surface area (Å²) in [6.07, 6.45) is 8.17. The Morgan fingerprint density at radius 3 is 1.48 bits per heavy atom. The molecular formula is C29H41Cl2SiZr-3. The van der Waals surface area contributed by atoms with Crippen LogP contribution in [0.1, 0.15) is 90.3 Å². The van der Waals surface area contributed by atoms with Crippen LogP contribution in [0.25, 0.3) is 0 Å². The average molecular weight is 580 g/mol. The van der Waals surface area contributed by atoms with E-state index in [0.29, 0.717) is 0 Å². The predicted molar refractivity (Wildman–Crippen MR) is 150 cm³/mol. The first kappa shape index (κ1) is 32.5. The van der Waals surface area contributed by atoms with Crippen LogP contribution in [0.3, 0.4) is 0 Å². The van der Waals surface area contributed by atoms with E-state index in [1.807, 2.05) is 37.2 Å². The van der Waals surface area contributed by atoms with E-state index in [0.717, 1.165) is 17.4 Å². The standard InChI is InChI=1S/2C11H15.C7H7.2ClH.H2Si.Zr/c2*1-8-6-10-5-3-4-9(2)11(10)7-8;1-7-5-3-2-4-6-7;;;;/h2*6-7,9H,3-5H2,1-2H3;2-6H,1H2;2*1H;1H2;/q3*-1;;;;. The summed E-state index contributed by atoms with van der Waals surface area (Å²) in [6, 6.07) is 19.3. The molecule has 0 saturated heterocycles. The quantitative estimate of drug-likeness (QED) is 0.186. The number of aryl methyl sites for hydroxylation is 4. The predicted octanol–water partition coefficient (Wildman–Crippen LogP) is 8.10. The van der Waals surface area contributed by atoms with Gasteiger partial charge >= 0.3 is 30.2 Å². The Hall–Kier alpha value is -0.530. The van der Waals surface area contributed by atoms with Gasteiger partial charge in [0.15, 0.2) is 0 Å². The van der Waals surface area contributed by atoms with Crippen molar-refractivity contribution in [1.82, 2.24) is 0 Å². The van der Waals surface area contributed by atoms with Crippen LogP contribution in [0.2, 0.25) is 0 Å². The van der Waals surface area contributed by atoms with E-state index in [1.54, 1.807) is 45.6 Å². The Kier molecular flexibility index (Phi) is 16.7. The summed E-state index contributed by atoms with van der Waals surface area (Å²) in [7, 11) is 0. The Labute approximate surface area is 232 Å². The van der Waals surface area contributed by atoms with Gasteiger partial charge < -0.3 is 0 Å².